The van der Waals surface area contributed by atoms with E-state index in [1.54, 1.807) is 37.7 Å². The first-order valence-corrected chi connectivity index (χ1v) is 15.5. The molecule has 1 N–H and O–H groups in total. The van der Waals surface area contributed by atoms with Crippen LogP contribution < -0.4 is 0 Å². The van der Waals surface area contributed by atoms with Gasteiger partial charge in [-0.2, -0.15) is 0 Å². The molecular weight excluding hydrogens is 538 g/mol. The predicted molar refractivity (Wildman–Crippen MR) is 163 cm³/mol. The number of aromatic nitrogens is 1. The number of rotatable bonds is 10. The molecule has 0 saturated carbocycles. The van der Waals surface area contributed by atoms with Crippen LogP contribution in [0, 0.1) is 11.6 Å². The molecule has 5 rings (SSSR count). The standard InChI is InChI=1S/C34H38F2N2O2S/c1-4-30-32(23-16-19-37(20-17-23)18-5-21-41-28-13-8-25(35)9-14-28)29-15-10-26(36)22-31(29)38(30)27-11-6-24(7-12-27)34(2,3)33(39)40/h6-15,22-23H,4-5,16-21H2,1-3H3,(H,39,40). The number of nitrogens with zero attached hydrogens (tertiary/aromatic N) is 2. The van der Waals surface area contributed by atoms with Crippen LogP contribution in [0.15, 0.2) is 71.6 Å². The van der Waals surface area contributed by atoms with Gasteiger partial charge in [0.2, 0.25) is 0 Å². The number of benzene rings is 3. The molecule has 216 valence electrons. The van der Waals surface area contributed by atoms with Crippen molar-refractivity contribution in [3.8, 4) is 5.69 Å². The molecule has 0 bridgehead atoms. The fraction of sp³-hybridized carbons (Fsp3) is 0.382. The minimum atomic E-state index is -0.990. The molecule has 3 aromatic carbocycles. The van der Waals surface area contributed by atoms with Gasteiger partial charge < -0.3 is 14.6 Å². The van der Waals surface area contributed by atoms with Crippen molar-refractivity contribution in [1.29, 1.82) is 0 Å². The van der Waals surface area contributed by atoms with E-state index in [1.807, 2.05) is 42.5 Å². The third-order valence-electron chi connectivity index (χ3n) is 8.49. The number of aliphatic carboxylic acids is 1. The molecule has 1 fully saturated rings. The Morgan fingerprint density at radius 3 is 2.27 bits per heavy atom. The lowest BCUT2D eigenvalue weighted by molar-refractivity contribution is -0.142. The zero-order chi connectivity index (χ0) is 29.1. The van der Waals surface area contributed by atoms with Gasteiger partial charge in [0.05, 0.1) is 10.9 Å². The summed E-state index contributed by atoms with van der Waals surface area (Å²) in [5.41, 5.74) is 4.05. The number of thioether (sulfide) groups is 1. The lowest BCUT2D eigenvalue weighted by Gasteiger charge is -2.32. The Morgan fingerprint density at radius 2 is 1.63 bits per heavy atom. The van der Waals surface area contributed by atoms with Gasteiger partial charge in [-0.3, -0.25) is 4.79 Å². The largest absolute Gasteiger partial charge is 0.481 e. The molecule has 4 aromatic rings. The smallest absolute Gasteiger partial charge is 0.313 e. The van der Waals surface area contributed by atoms with E-state index in [0.29, 0.717) is 5.92 Å². The van der Waals surface area contributed by atoms with Gasteiger partial charge in [-0.05, 0) is 137 Å². The third kappa shape index (κ3) is 6.21. The van der Waals surface area contributed by atoms with E-state index in [-0.39, 0.29) is 11.6 Å². The summed E-state index contributed by atoms with van der Waals surface area (Å²) in [7, 11) is 0. The van der Waals surface area contributed by atoms with E-state index >= 15 is 0 Å². The predicted octanol–water partition coefficient (Wildman–Crippen LogP) is 8.20. The third-order valence-corrected chi connectivity index (χ3v) is 9.58. The monoisotopic (exact) mass is 576 g/mol. The quantitative estimate of drug-likeness (QED) is 0.153. The van der Waals surface area contributed by atoms with E-state index in [0.717, 1.165) is 78.1 Å². The van der Waals surface area contributed by atoms with Crippen LogP contribution >= 0.6 is 11.8 Å². The lowest BCUT2D eigenvalue weighted by Crippen LogP contribution is -2.34. The van der Waals surface area contributed by atoms with Crippen LogP contribution in [0.1, 0.15) is 62.8 Å². The van der Waals surface area contributed by atoms with E-state index in [4.69, 9.17) is 0 Å². The first-order chi connectivity index (χ1) is 19.7. The molecule has 1 aromatic heterocycles. The van der Waals surface area contributed by atoms with Gasteiger partial charge in [0.25, 0.3) is 0 Å². The summed E-state index contributed by atoms with van der Waals surface area (Å²) in [4.78, 5) is 15.4. The van der Waals surface area contributed by atoms with Gasteiger partial charge in [-0.25, -0.2) is 8.78 Å². The van der Waals surface area contributed by atoms with Gasteiger partial charge >= 0.3 is 5.97 Å². The fourth-order valence-corrected chi connectivity index (χ4v) is 6.88. The number of carbonyl (C=O) groups is 1. The summed E-state index contributed by atoms with van der Waals surface area (Å²) in [5, 5.41) is 10.8. The molecule has 0 atom stereocenters. The number of hydrogen-bond donors (Lipinski definition) is 1. The van der Waals surface area contributed by atoms with Crippen LogP contribution in [0.3, 0.4) is 0 Å². The second-order valence-electron chi connectivity index (χ2n) is 11.5. The van der Waals surface area contributed by atoms with Crippen molar-refractivity contribution in [1.82, 2.24) is 9.47 Å². The van der Waals surface area contributed by atoms with Crippen LogP contribution in [-0.2, 0) is 16.6 Å². The minimum Gasteiger partial charge on any atom is -0.481 e. The second-order valence-corrected chi connectivity index (χ2v) is 12.6. The van der Waals surface area contributed by atoms with Crippen molar-refractivity contribution in [3.63, 3.8) is 0 Å². The molecule has 1 aliphatic rings. The van der Waals surface area contributed by atoms with Crippen molar-refractivity contribution in [2.24, 2.45) is 0 Å². The number of likely N-dealkylation sites (tertiary alicyclic amines) is 1. The van der Waals surface area contributed by atoms with Crippen LogP contribution in [0.5, 0.6) is 0 Å². The molecule has 4 nitrogen and oxygen atoms in total. The number of hydrogen-bond acceptors (Lipinski definition) is 3. The number of fused-ring (bicyclic) bond motifs is 1. The number of carboxylic acid groups (broad SMARTS) is 1. The van der Waals surface area contributed by atoms with Gasteiger partial charge in [-0.1, -0.05) is 19.1 Å². The normalized spacial score (nSPS) is 15.0. The van der Waals surface area contributed by atoms with E-state index in [1.165, 1.54) is 23.4 Å². The van der Waals surface area contributed by atoms with E-state index in [2.05, 4.69) is 16.4 Å². The maximum atomic E-state index is 14.5. The molecule has 0 aliphatic carbocycles. The highest BCUT2D eigenvalue weighted by molar-refractivity contribution is 7.99. The highest BCUT2D eigenvalue weighted by Gasteiger charge is 2.30. The lowest BCUT2D eigenvalue weighted by atomic mass is 9.85. The summed E-state index contributed by atoms with van der Waals surface area (Å²) in [6, 6.07) is 19.5. The van der Waals surface area contributed by atoms with Gasteiger partial charge in [0, 0.05) is 21.7 Å². The zero-order valence-corrected chi connectivity index (χ0v) is 24.8. The molecule has 7 heteroatoms. The van der Waals surface area contributed by atoms with Gasteiger partial charge in [0.15, 0.2) is 0 Å². The Kier molecular flexibility index (Phi) is 8.85. The van der Waals surface area contributed by atoms with Crippen molar-refractivity contribution in [2.75, 3.05) is 25.4 Å². The average Bonchev–Trinajstić information content (AvgIpc) is 3.30. The molecule has 41 heavy (non-hydrogen) atoms. The SMILES string of the molecule is CCc1c(C2CCN(CCCSc3ccc(F)cc3)CC2)c2ccc(F)cc2n1-c1ccc(C(C)(C)C(=O)O)cc1. The van der Waals surface area contributed by atoms with Crippen molar-refractivity contribution in [2.45, 2.75) is 62.7 Å². The van der Waals surface area contributed by atoms with Crippen LogP contribution in [0.4, 0.5) is 8.78 Å². The van der Waals surface area contributed by atoms with Gasteiger partial charge in [-0.15, -0.1) is 11.8 Å². The molecule has 0 radical (unpaired) electrons. The summed E-state index contributed by atoms with van der Waals surface area (Å²) in [5.74, 6) is 0.0757. The maximum absolute atomic E-state index is 14.5. The maximum Gasteiger partial charge on any atom is 0.313 e. The molecule has 0 amide bonds. The number of carboxylic acids is 1. The summed E-state index contributed by atoms with van der Waals surface area (Å²) in [6.45, 7) is 8.67. The fourth-order valence-electron chi connectivity index (χ4n) is 6.04. The molecule has 1 aliphatic heterocycles. The minimum absolute atomic E-state index is 0.200. The second kappa shape index (κ2) is 12.4. The molecule has 1 saturated heterocycles. The zero-order valence-electron chi connectivity index (χ0n) is 24.0. The van der Waals surface area contributed by atoms with Crippen molar-refractivity contribution >= 4 is 28.6 Å². The Morgan fingerprint density at radius 1 is 0.976 bits per heavy atom. The summed E-state index contributed by atoms with van der Waals surface area (Å²) in [6.07, 6.45) is 4.01. The highest BCUT2D eigenvalue weighted by Crippen LogP contribution is 2.40. The van der Waals surface area contributed by atoms with E-state index < -0.39 is 11.4 Å². The van der Waals surface area contributed by atoms with Crippen molar-refractivity contribution < 1.29 is 18.7 Å². The van der Waals surface area contributed by atoms with Crippen molar-refractivity contribution in [3.05, 3.63) is 95.2 Å². The Balaban J connectivity index is 1.33. The number of halogens is 2. The molecule has 0 unspecified atom stereocenters. The Hall–Kier alpha value is -3.16. The molecular formula is C34H38F2N2O2S. The van der Waals surface area contributed by atoms with E-state index in [9.17, 15) is 18.7 Å². The molecule has 0 spiro atoms. The topological polar surface area (TPSA) is 45.5 Å². The Labute approximate surface area is 245 Å². The average molecular weight is 577 g/mol. The van der Waals surface area contributed by atoms with Gasteiger partial charge in [0.1, 0.15) is 11.6 Å². The van der Waals surface area contributed by atoms with Crippen LogP contribution in [-0.4, -0.2) is 45.9 Å². The highest BCUT2D eigenvalue weighted by atomic mass is 32.2. The van der Waals surface area contributed by atoms with Crippen LogP contribution in [0.2, 0.25) is 0 Å². The summed E-state index contributed by atoms with van der Waals surface area (Å²) < 4.78 is 29.9. The Bertz CT molecular complexity index is 1500. The van der Waals surface area contributed by atoms with Crippen LogP contribution in [0.25, 0.3) is 16.6 Å². The first-order valence-electron chi connectivity index (χ1n) is 14.5. The number of piperidine rings is 1. The summed E-state index contributed by atoms with van der Waals surface area (Å²) >= 11 is 1.77. The molecule has 2 heterocycles. The first kappa shape index (κ1) is 29.3.